The Kier molecular flexibility index (Phi) is 2.92. The van der Waals surface area contributed by atoms with Gasteiger partial charge in [0.1, 0.15) is 11.5 Å². The van der Waals surface area contributed by atoms with E-state index in [0.717, 1.165) is 11.5 Å². The van der Waals surface area contributed by atoms with Gasteiger partial charge in [0.2, 0.25) is 0 Å². The Labute approximate surface area is 101 Å². The Balaban J connectivity index is 2.24. The molecule has 3 nitrogen and oxygen atoms in total. The minimum Gasteiger partial charge on any atom is -0.464 e. The second-order valence-corrected chi connectivity index (χ2v) is 5.18. The van der Waals surface area contributed by atoms with Gasteiger partial charge < -0.3 is 8.98 Å². The summed E-state index contributed by atoms with van der Waals surface area (Å²) in [6.07, 6.45) is 1.77. The highest BCUT2D eigenvalue weighted by atomic mass is 16.3. The molecule has 0 bridgehead atoms. The molecule has 2 aromatic rings. The normalized spacial score (nSPS) is 11.7. The first kappa shape index (κ1) is 11.7. The molecule has 0 fully saturated rings. The van der Waals surface area contributed by atoms with Crippen LogP contribution in [-0.4, -0.2) is 4.57 Å². The molecule has 2 heterocycles. The minimum absolute atomic E-state index is 0.000100. The summed E-state index contributed by atoms with van der Waals surface area (Å²) in [4.78, 5) is 11.5. The number of pyridine rings is 1. The van der Waals surface area contributed by atoms with Gasteiger partial charge in [0, 0.05) is 17.7 Å². The number of aromatic nitrogens is 1. The lowest BCUT2D eigenvalue weighted by atomic mass is 9.94. The maximum atomic E-state index is 11.5. The Bertz CT molecular complexity index is 558. The van der Waals surface area contributed by atoms with Crippen molar-refractivity contribution < 1.29 is 4.42 Å². The van der Waals surface area contributed by atoms with Gasteiger partial charge in [-0.15, -0.1) is 0 Å². The van der Waals surface area contributed by atoms with E-state index < -0.39 is 0 Å². The van der Waals surface area contributed by atoms with Crippen LogP contribution in [0.2, 0.25) is 0 Å². The van der Waals surface area contributed by atoms with Crippen LogP contribution in [0, 0.1) is 0 Å². The van der Waals surface area contributed by atoms with Crippen LogP contribution in [0.3, 0.4) is 0 Å². The molecule has 2 aromatic heterocycles. The lowest BCUT2D eigenvalue weighted by Crippen LogP contribution is -2.18. The van der Waals surface area contributed by atoms with Gasteiger partial charge in [-0.3, -0.25) is 4.79 Å². The van der Waals surface area contributed by atoms with Crippen molar-refractivity contribution in [2.24, 2.45) is 0 Å². The van der Waals surface area contributed by atoms with E-state index >= 15 is 0 Å². The second kappa shape index (κ2) is 4.24. The summed E-state index contributed by atoms with van der Waals surface area (Å²) in [6.45, 7) is 6.79. The Morgan fingerprint density at radius 1 is 1.18 bits per heavy atom. The second-order valence-electron chi connectivity index (χ2n) is 5.18. The molecule has 0 unspecified atom stereocenters. The van der Waals surface area contributed by atoms with Crippen LogP contribution in [0.5, 0.6) is 0 Å². The van der Waals surface area contributed by atoms with Gasteiger partial charge in [-0.25, -0.2) is 0 Å². The molecule has 0 saturated carbocycles. The van der Waals surface area contributed by atoms with Gasteiger partial charge in [0.15, 0.2) is 0 Å². The third-order valence-electron chi connectivity index (χ3n) is 2.63. The van der Waals surface area contributed by atoms with E-state index in [1.165, 1.54) is 0 Å². The van der Waals surface area contributed by atoms with Crippen LogP contribution >= 0.6 is 0 Å². The summed E-state index contributed by atoms with van der Waals surface area (Å²) < 4.78 is 7.38. The largest absolute Gasteiger partial charge is 0.464 e. The van der Waals surface area contributed by atoms with Crippen molar-refractivity contribution in [2.75, 3.05) is 0 Å². The third kappa shape index (κ3) is 2.67. The number of nitrogens with zero attached hydrogens (tertiary/aromatic N) is 1. The molecule has 0 aliphatic rings. The number of rotatable bonds is 2. The van der Waals surface area contributed by atoms with E-state index in [4.69, 9.17) is 4.42 Å². The predicted molar refractivity (Wildman–Crippen MR) is 67.2 cm³/mol. The minimum atomic E-state index is -0.0128. The van der Waals surface area contributed by atoms with Gasteiger partial charge in [0.25, 0.3) is 5.56 Å². The van der Waals surface area contributed by atoms with Crippen LogP contribution in [0.25, 0.3) is 0 Å². The van der Waals surface area contributed by atoms with E-state index in [9.17, 15) is 4.79 Å². The summed E-state index contributed by atoms with van der Waals surface area (Å²) in [7, 11) is 0. The molecule has 0 aliphatic carbocycles. The first-order chi connectivity index (χ1) is 7.97. The topological polar surface area (TPSA) is 35.1 Å². The van der Waals surface area contributed by atoms with Crippen molar-refractivity contribution in [1.82, 2.24) is 4.57 Å². The fourth-order valence-corrected chi connectivity index (χ4v) is 1.63. The fraction of sp³-hybridized carbons (Fsp3) is 0.357. The zero-order valence-electron chi connectivity index (χ0n) is 10.4. The molecule has 3 heteroatoms. The maximum Gasteiger partial charge on any atom is 0.250 e. The number of hydrogen-bond acceptors (Lipinski definition) is 2. The number of furan rings is 1. The Morgan fingerprint density at radius 3 is 2.53 bits per heavy atom. The summed E-state index contributed by atoms with van der Waals surface area (Å²) >= 11 is 0. The average molecular weight is 231 g/mol. The zero-order chi connectivity index (χ0) is 12.5. The van der Waals surface area contributed by atoms with Gasteiger partial charge in [0.05, 0.1) is 6.54 Å². The van der Waals surface area contributed by atoms with Crippen LogP contribution in [-0.2, 0) is 12.0 Å². The quantitative estimate of drug-likeness (QED) is 0.796. The van der Waals surface area contributed by atoms with E-state index in [-0.39, 0.29) is 11.0 Å². The highest BCUT2D eigenvalue weighted by Crippen LogP contribution is 2.24. The predicted octanol–water partition coefficient (Wildman–Crippen LogP) is 2.79. The van der Waals surface area contributed by atoms with Crippen molar-refractivity contribution in [1.29, 1.82) is 0 Å². The first-order valence-corrected chi connectivity index (χ1v) is 5.71. The van der Waals surface area contributed by atoms with E-state index in [2.05, 4.69) is 20.8 Å². The van der Waals surface area contributed by atoms with Gasteiger partial charge in [-0.2, -0.15) is 0 Å². The zero-order valence-corrected chi connectivity index (χ0v) is 10.4. The molecule has 0 N–H and O–H groups in total. The molecule has 2 rings (SSSR count). The van der Waals surface area contributed by atoms with Crippen LogP contribution in [0.15, 0.2) is 45.7 Å². The average Bonchev–Trinajstić information content (AvgIpc) is 2.69. The molecule has 0 atom stereocenters. The molecular formula is C14H17NO2. The standard InChI is InChI=1S/C14H17NO2/c1-14(2,3)12-8-7-11(17-12)10-15-9-5-4-6-13(15)16/h4-9H,10H2,1-3H3. The molecule has 0 amide bonds. The fourth-order valence-electron chi connectivity index (χ4n) is 1.63. The van der Waals surface area contributed by atoms with Crippen molar-refractivity contribution >= 4 is 0 Å². The monoisotopic (exact) mass is 231 g/mol. The van der Waals surface area contributed by atoms with Gasteiger partial charge in [-0.1, -0.05) is 26.8 Å². The molecule has 90 valence electrons. The molecular weight excluding hydrogens is 214 g/mol. The molecule has 0 spiro atoms. The van der Waals surface area contributed by atoms with E-state index in [1.807, 2.05) is 18.2 Å². The van der Waals surface area contributed by atoms with Crippen LogP contribution in [0.4, 0.5) is 0 Å². The SMILES string of the molecule is CC(C)(C)c1ccc(Cn2ccccc2=O)o1. The lowest BCUT2D eigenvalue weighted by molar-refractivity contribution is 0.380. The Morgan fingerprint density at radius 2 is 1.94 bits per heavy atom. The smallest absolute Gasteiger partial charge is 0.250 e. The number of hydrogen-bond donors (Lipinski definition) is 0. The maximum absolute atomic E-state index is 11.5. The summed E-state index contributed by atoms with van der Waals surface area (Å²) in [6, 6.07) is 9.04. The van der Waals surface area contributed by atoms with Crippen molar-refractivity contribution in [3.63, 3.8) is 0 Å². The molecule has 0 saturated heterocycles. The Hall–Kier alpha value is -1.77. The van der Waals surface area contributed by atoms with Gasteiger partial charge in [-0.05, 0) is 18.2 Å². The highest BCUT2D eigenvalue weighted by Gasteiger charge is 2.18. The first-order valence-electron chi connectivity index (χ1n) is 5.71. The van der Waals surface area contributed by atoms with E-state index in [0.29, 0.717) is 6.54 Å². The summed E-state index contributed by atoms with van der Waals surface area (Å²) in [5.74, 6) is 1.75. The lowest BCUT2D eigenvalue weighted by Gasteiger charge is -2.14. The van der Waals surface area contributed by atoms with Gasteiger partial charge >= 0.3 is 0 Å². The third-order valence-corrected chi connectivity index (χ3v) is 2.63. The summed E-state index contributed by atoms with van der Waals surface area (Å²) in [5.41, 5.74) is -0.0129. The molecule has 0 aliphatic heterocycles. The van der Waals surface area contributed by atoms with Crippen molar-refractivity contribution in [3.05, 3.63) is 58.4 Å². The van der Waals surface area contributed by atoms with Crippen LogP contribution in [0.1, 0.15) is 32.3 Å². The van der Waals surface area contributed by atoms with E-state index in [1.54, 1.807) is 22.9 Å². The van der Waals surface area contributed by atoms with Crippen molar-refractivity contribution in [3.8, 4) is 0 Å². The highest BCUT2D eigenvalue weighted by molar-refractivity contribution is 5.14. The molecule has 17 heavy (non-hydrogen) atoms. The van der Waals surface area contributed by atoms with Crippen LogP contribution < -0.4 is 5.56 Å². The van der Waals surface area contributed by atoms with Crippen molar-refractivity contribution in [2.45, 2.75) is 32.7 Å². The molecule has 0 radical (unpaired) electrons. The molecule has 0 aromatic carbocycles. The summed E-state index contributed by atoms with van der Waals surface area (Å²) in [5, 5.41) is 0.